The smallest absolute Gasteiger partial charge is 0.244 e. The van der Waals surface area contributed by atoms with Gasteiger partial charge in [-0.25, -0.2) is 8.78 Å². The van der Waals surface area contributed by atoms with Crippen LogP contribution in [-0.2, 0) is 9.59 Å². The summed E-state index contributed by atoms with van der Waals surface area (Å²) in [6, 6.07) is 3.31. The summed E-state index contributed by atoms with van der Waals surface area (Å²) in [5.41, 5.74) is -0.495. The molecule has 1 N–H and O–H groups in total. The molecule has 2 amide bonds. The van der Waals surface area contributed by atoms with Crippen molar-refractivity contribution in [3.05, 3.63) is 29.8 Å². The van der Waals surface area contributed by atoms with E-state index >= 15 is 0 Å². The predicted molar refractivity (Wildman–Crippen MR) is 75.6 cm³/mol. The highest BCUT2D eigenvalue weighted by Crippen LogP contribution is 2.17. The first-order chi connectivity index (χ1) is 9.49. The highest BCUT2D eigenvalue weighted by molar-refractivity contribution is 7.99. The van der Waals surface area contributed by atoms with E-state index in [1.165, 1.54) is 22.7 Å². The summed E-state index contributed by atoms with van der Waals surface area (Å²) in [7, 11) is 0. The van der Waals surface area contributed by atoms with Gasteiger partial charge in [0.15, 0.2) is 0 Å². The largest absolute Gasteiger partial charge is 0.333 e. The number of carbonyl (C=O) groups is 2. The van der Waals surface area contributed by atoms with E-state index in [-0.39, 0.29) is 18.2 Å². The third-order valence-electron chi connectivity index (χ3n) is 2.56. The Morgan fingerprint density at radius 3 is 2.40 bits per heavy atom. The summed E-state index contributed by atoms with van der Waals surface area (Å²) in [6.45, 7) is 1.85. The van der Waals surface area contributed by atoms with Crippen molar-refractivity contribution in [2.75, 3.05) is 30.4 Å². The number of carbonyl (C=O) groups excluding carboxylic acids is 2. The van der Waals surface area contributed by atoms with E-state index in [4.69, 9.17) is 0 Å². The minimum Gasteiger partial charge on any atom is -0.333 e. The number of para-hydroxylation sites is 1. The predicted octanol–water partition coefficient (Wildman–Crippen LogP) is 2.11. The molecule has 1 aromatic carbocycles. The normalized spacial score (nSPS) is 10.2. The highest BCUT2D eigenvalue weighted by atomic mass is 32.2. The van der Waals surface area contributed by atoms with E-state index in [1.807, 2.05) is 0 Å². The Bertz CT molecular complexity index is 477. The zero-order chi connectivity index (χ0) is 15.1. The van der Waals surface area contributed by atoms with Gasteiger partial charge in [-0.2, -0.15) is 11.8 Å². The summed E-state index contributed by atoms with van der Waals surface area (Å²) in [5, 5.41) is 2.15. The van der Waals surface area contributed by atoms with Crippen LogP contribution >= 0.6 is 11.8 Å². The van der Waals surface area contributed by atoms with Gasteiger partial charge in [-0.05, 0) is 25.3 Å². The van der Waals surface area contributed by atoms with Crippen LogP contribution in [0.2, 0.25) is 0 Å². The Labute approximate surface area is 120 Å². The molecule has 0 saturated heterocycles. The zero-order valence-corrected chi connectivity index (χ0v) is 12.1. The molecule has 110 valence electrons. The molecule has 1 rings (SSSR count). The Morgan fingerprint density at radius 2 is 1.90 bits per heavy atom. The number of nitrogens with one attached hydrogen (secondary N) is 1. The van der Waals surface area contributed by atoms with Crippen molar-refractivity contribution in [1.82, 2.24) is 4.90 Å². The van der Waals surface area contributed by atoms with Gasteiger partial charge in [0.1, 0.15) is 17.3 Å². The molecule has 4 nitrogen and oxygen atoms in total. The Kier molecular flexibility index (Phi) is 6.44. The van der Waals surface area contributed by atoms with E-state index in [9.17, 15) is 18.4 Å². The second kappa shape index (κ2) is 7.84. The second-order valence-corrected chi connectivity index (χ2v) is 4.85. The van der Waals surface area contributed by atoms with Gasteiger partial charge >= 0.3 is 0 Å². The van der Waals surface area contributed by atoms with E-state index in [2.05, 4.69) is 5.32 Å². The van der Waals surface area contributed by atoms with Crippen molar-refractivity contribution < 1.29 is 18.4 Å². The van der Waals surface area contributed by atoms with E-state index in [0.717, 1.165) is 12.1 Å². The van der Waals surface area contributed by atoms with Crippen LogP contribution in [0.25, 0.3) is 0 Å². The van der Waals surface area contributed by atoms with Crippen LogP contribution in [0.5, 0.6) is 0 Å². The molecule has 0 radical (unpaired) electrons. The van der Waals surface area contributed by atoms with Crippen LogP contribution in [0.15, 0.2) is 18.2 Å². The average molecular weight is 302 g/mol. The maximum absolute atomic E-state index is 13.4. The highest BCUT2D eigenvalue weighted by Gasteiger charge is 2.17. The standard InChI is InChI=1S/C13H16F2N2O2S/c1-3-17(12(19)8-20-2)7-11(18)16-13-9(14)5-4-6-10(13)15/h4-6H,3,7-8H2,1-2H3,(H,16,18). The molecule has 7 heteroatoms. The first-order valence-electron chi connectivity index (χ1n) is 6.00. The fourth-order valence-corrected chi connectivity index (χ4v) is 1.99. The SMILES string of the molecule is CCN(CC(=O)Nc1c(F)cccc1F)C(=O)CSC. The molecule has 1 aromatic rings. The van der Waals surface area contributed by atoms with Gasteiger partial charge < -0.3 is 10.2 Å². The van der Waals surface area contributed by atoms with Gasteiger partial charge in [-0.3, -0.25) is 9.59 Å². The van der Waals surface area contributed by atoms with Crippen molar-refractivity contribution >= 4 is 29.3 Å². The molecule has 0 spiro atoms. The third kappa shape index (κ3) is 4.48. The Balaban J connectivity index is 2.69. The van der Waals surface area contributed by atoms with Crippen LogP contribution in [0.4, 0.5) is 14.5 Å². The summed E-state index contributed by atoms with van der Waals surface area (Å²) < 4.78 is 26.7. The summed E-state index contributed by atoms with van der Waals surface area (Å²) >= 11 is 1.35. The maximum atomic E-state index is 13.4. The van der Waals surface area contributed by atoms with Gasteiger partial charge in [0.2, 0.25) is 11.8 Å². The van der Waals surface area contributed by atoms with E-state index in [1.54, 1.807) is 13.2 Å². The van der Waals surface area contributed by atoms with Crippen LogP contribution in [0, 0.1) is 11.6 Å². The van der Waals surface area contributed by atoms with Crippen molar-refractivity contribution in [1.29, 1.82) is 0 Å². The van der Waals surface area contributed by atoms with Crippen LogP contribution < -0.4 is 5.32 Å². The number of benzene rings is 1. The molecular weight excluding hydrogens is 286 g/mol. The lowest BCUT2D eigenvalue weighted by atomic mass is 10.3. The number of thioether (sulfide) groups is 1. The summed E-state index contributed by atoms with van der Waals surface area (Å²) in [6.07, 6.45) is 1.78. The average Bonchev–Trinajstić information content (AvgIpc) is 2.40. The first kappa shape index (κ1) is 16.4. The van der Waals surface area contributed by atoms with Crippen molar-refractivity contribution in [3.8, 4) is 0 Å². The van der Waals surface area contributed by atoms with Gasteiger partial charge in [-0.1, -0.05) is 6.07 Å². The van der Waals surface area contributed by atoms with Crippen molar-refractivity contribution in [2.24, 2.45) is 0 Å². The summed E-state index contributed by atoms with van der Waals surface area (Å²) in [4.78, 5) is 24.7. The van der Waals surface area contributed by atoms with Crippen molar-refractivity contribution in [2.45, 2.75) is 6.92 Å². The molecule has 0 aliphatic heterocycles. The first-order valence-corrected chi connectivity index (χ1v) is 7.39. The Morgan fingerprint density at radius 1 is 1.30 bits per heavy atom. The molecule has 0 aliphatic rings. The zero-order valence-electron chi connectivity index (χ0n) is 11.3. The number of nitrogens with zero attached hydrogens (tertiary/aromatic N) is 1. The molecule has 0 aliphatic carbocycles. The fourth-order valence-electron chi connectivity index (χ4n) is 1.56. The number of halogens is 2. The fraction of sp³-hybridized carbons (Fsp3) is 0.385. The second-order valence-electron chi connectivity index (χ2n) is 3.99. The minimum absolute atomic E-state index is 0.191. The molecule has 0 unspecified atom stereocenters. The molecule has 0 atom stereocenters. The van der Waals surface area contributed by atoms with Gasteiger partial charge in [-0.15, -0.1) is 0 Å². The van der Waals surface area contributed by atoms with Gasteiger partial charge in [0.05, 0.1) is 12.3 Å². The molecule has 0 saturated carbocycles. The van der Waals surface area contributed by atoms with Crippen LogP contribution in [0.3, 0.4) is 0 Å². The van der Waals surface area contributed by atoms with Gasteiger partial charge in [0.25, 0.3) is 0 Å². The lowest BCUT2D eigenvalue weighted by molar-refractivity contribution is -0.132. The number of hydrogen-bond donors (Lipinski definition) is 1. The van der Waals surface area contributed by atoms with E-state index < -0.39 is 23.2 Å². The van der Waals surface area contributed by atoms with Crippen molar-refractivity contribution in [3.63, 3.8) is 0 Å². The number of rotatable bonds is 6. The van der Waals surface area contributed by atoms with Gasteiger partial charge in [0, 0.05) is 6.54 Å². The topological polar surface area (TPSA) is 49.4 Å². The van der Waals surface area contributed by atoms with Crippen LogP contribution in [-0.4, -0.2) is 41.8 Å². The maximum Gasteiger partial charge on any atom is 0.244 e. The molecule has 20 heavy (non-hydrogen) atoms. The number of anilines is 1. The van der Waals surface area contributed by atoms with E-state index in [0.29, 0.717) is 6.54 Å². The monoisotopic (exact) mass is 302 g/mol. The number of hydrogen-bond acceptors (Lipinski definition) is 3. The summed E-state index contributed by atoms with van der Waals surface area (Å²) in [5.74, 6) is -2.27. The molecule has 0 fully saturated rings. The molecular formula is C13H16F2N2O2S. The lowest BCUT2D eigenvalue weighted by Gasteiger charge is -2.20. The number of amides is 2. The quantitative estimate of drug-likeness (QED) is 0.875. The molecule has 0 bridgehead atoms. The Hall–Kier alpha value is -1.63. The minimum atomic E-state index is -0.850. The third-order valence-corrected chi connectivity index (χ3v) is 3.10. The van der Waals surface area contributed by atoms with Crippen LogP contribution in [0.1, 0.15) is 6.92 Å². The number of likely N-dealkylation sites (N-methyl/N-ethyl adjacent to an activating group) is 1. The molecule has 0 aromatic heterocycles. The molecule has 0 heterocycles. The lowest BCUT2D eigenvalue weighted by Crippen LogP contribution is -2.39.